The lowest BCUT2D eigenvalue weighted by atomic mass is 10.0. The molecule has 6 aromatic carbocycles. The Morgan fingerprint density at radius 3 is 1.40 bits per heavy atom. The van der Waals surface area contributed by atoms with Crippen LogP contribution in [0.15, 0.2) is 189 Å². The van der Waals surface area contributed by atoms with Gasteiger partial charge in [0, 0.05) is 47.8 Å². The van der Waals surface area contributed by atoms with Crippen molar-refractivity contribution in [3.8, 4) is 11.5 Å². The molecule has 53 heavy (non-hydrogen) atoms. The molecule has 0 aliphatic carbocycles. The van der Waals surface area contributed by atoms with Crippen LogP contribution in [-0.2, 0) is 9.59 Å². The second-order valence-corrected chi connectivity index (χ2v) is 14.8. The fourth-order valence-electron chi connectivity index (χ4n) is 5.13. The maximum absolute atomic E-state index is 13.2. The van der Waals surface area contributed by atoms with Gasteiger partial charge in [0.25, 0.3) is 0 Å². The van der Waals surface area contributed by atoms with Crippen molar-refractivity contribution in [2.45, 2.75) is 26.5 Å². The number of hydrogen-bond acceptors (Lipinski definition) is 8. The molecule has 0 heterocycles. The van der Waals surface area contributed by atoms with Crippen LogP contribution in [0.25, 0.3) is 10.5 Å². The van der Waals surface area contributed by atoms with Crippen molar-refractivity contribution >= 4 is 63.5 Å². The molecule has 0 unspecified atom stereocenters. The summed E-state index contributed by atoms with van der Waals surface area (Å²) in [7, 11) is 0. The summed E-state index contributed by atoms with van der Waals surface area (Å²) in [5.74, 6) is -0.613. The van der Waals surface area contributed by atoms with Gasteiger partial charge in [0.15, 0.2) is 5.78 Å². The van der Waals surface area contributed by atoms with E-state index in [1.54, 1.807) is 72.1 Å². The average molecular weight is 751 g/mol. The maximum Gasteiger partial charge on any atom is 0.337 e. The molecule has 0 aromatic heterocycles. The minimum atomic E-state index is -0.532. The third-order valence-electron chi connectivity index (χ3n) is 7.89. The number of ketones is 1. The lowest BCUT2D eigenvalue weighted by molar-refractivity contribution is -0.129. The molecule has 0 amide bonds. The highest BCUT2D eigenvalue weighted by molar-refractivity contribution is 8.08. The number of carbonyl (C=O) groups is 3. The van der Waals surface area contributed by atoms with E-state index < -0.39 is 11.9 Å². The normalized spacial score (nSPS) is 11.5. The summed E-state index contributed by atoms with van der Waals surface area (Å²) in [4.78, 5) is 44.0. The number of thioether (sulfide) groups is 2. The summed E-state index contributed by atoms with van der Waals surface area (Å²) >= 11 is 4.91. The van der Waals surface area contributed by atoms with E-state index in [9.17, 15) is 14.4 Å². The van der Waals surface area contributed by atoms with Crippen LogP contribution in [0.1, 0.15) is 34.0 Å². The highest BCUT2D eigenvalue weighted by Crippen LogP contribution is 2.36. The van der Waals surface area contributed by atoms with Gasteiger partial charge in [-0.05, 0) is 127 Å². The van der Waals surface area contributed by atoms with E-state index >= 15 is 0 Å². The Labute approximate surface area is 322 Å². The summed E-state index contributed by atoms with van der Waals surface area (Å²) < 4.78 is 11.1. The number of esters is 2. The van der Waals surface area contributed by atoms with E-state index in [4.69, 9.17) is 9.47 Å². The first-order valence-corrected chi connectivity index (χ1v) is 19.5. The van der Waals surface area contributed by atoms with Crippen LogP contribution in [0.4, 0.5) is 0 Å². The topological polar surface area (TPSA) is 69.7 Å². The number of carbonyl (C=O) groups excluding carboxylic acids is 3. The van der Waals surface area contributed by atoms with E-state index in [-0.39, 0.29) is 5.78 Å². The summed E-state index contributed by atoms with van der Waals surface area (Å²) in [5.41, 5.74) is 3.45. The van der Waals surface area contributed by atoms with Gasteiger partial charge in [0.1, 0.15) is 11.5 Å². The van der Waals surface area contributed by atoms with Crippen LogP contribution >= 0.6 is 35.3 Å². The molecule has 6 aromatic rings. The fraction of sp³-hybridized carbons (Fsp3) is 0.0444. The molecule has 8 heteroatoms. The Bertz CT molecular complexity index is 2230. The zero-order valence-electron chi connectivity index (χ0n) is 28.9. The van der Waals surface area contributed by atoms with Crippen molar-refractivity contribution in [3.63, 3.8) is 0 Å². The van der Waals surface area contributed by atoms with Gasteiger partial charge in [0.2, 0.25) is 0 Å². The molecule has 0 fully saturated rings. The van der Waals surface area contributed by atoms with Crippen molar-refractivity contribution in [2.75, 3.05) is 6.26 Å². The number of ether oxygens (including phenoxy) is 2. The van der Waals surface area contributed by atoms with Gasteiger partial charge in [-0.1, -0.05) is 84.2 Å². The number of rotatable bonds is 13. The van der Waals surface area contributed by atoms with Crippen molar-refractivity contribution < 1.29 is 23.9 Å². The Balaban J connectivity index is 1.07. The third kappa shape index (κ3) is 10.7. The Kier molecular flexibility index (Phi) is 12.8. The van der Waals surface area contributed by atoms with Crippen molar-refractivity contribution in [2.24, 2.45) is 0 Å². The van der Waals surface area contributed by atoms with Crippen molar-refractivity contribution in [1.29, 1.82) is 0 Å². The Morgan fingerprint density at radius 1 is 0.472 bits per heavy atom. The van der Waals surface area contributed by atoms with Gasteiger partial charge in [-0.2, -0.15) is 0 Å². The number of hydrogen-bond donors (Lipinski definition) is 0. The molecule has 0 bridgehead atoms. The monoisotopic (exact) mass is 750 g/mol. The quantitative estimate of drug-likeness (QED) is 0.0380. The predicted molar refractivity (Wildman–Crippen MR) is 217 cm³/mol. The van der Waals surface area contributed by atoms with E-state index in [1.807, 2.05) is 79.7 Å². The average Bonchev–Trinajstić information content (AvgIpc) is 3.19. The smallest absolute Gasteiger partial charge is 0.337 e. The van der Waals surface area contributed by atoms with Crippen molar-refractivity contribution in [3.05, 3.63) is 192 Å². The predicted octanol–water partition coefficient (Wildman–Crippen LogP) is 11.5. The zero-order chi connectivity index (χ0) is 37.0. The molecular weight excluding hydrogens is 717 g/mol. The van der Waals surface area contributed by atoms with Crippen LogP contribution in [0.2, 0.25) is 0 Å². The summed E-state index contributed by atoms with van der Waals surface area (Å²) in [6, 6.07) is 48.8. The third-order valence-corrected chi connectivity index (χ3v) is 10.7. The van der Waals surface area contributed by atoms with E-state index in [1.165, 1.54) is 33.7 Å². The van der Waals surface area contributed by atoms with Gasteiger partial charge >= 0.3 is 11.9 Å². The lowest BCUT2D eigenvalue weighted by Gasteiger charge is -2.10. The van der Waals surface area contributed by atoms with Crippen molar-refractivity contribution in [1.82, 2.24) is 0 Å². The molecule has 5 nitrogen and oxygen atoms in total. The van der Waals surface area contributed by atoms with Gasteiger partial charge in [-0.15, -0.1) is 11.8 Å². The lowest BCUT2D eigenvalue weighted by Crippen LogP contribution is -2.06. The minimum Gasteiger partial charge on any atom is -0.423 e. The van der Waals surface area contributed by atoms with Gasteiger partial charge < -0.3 is 9.47 Å². The molecule has 0 spiro atoms. The summed E-state index contributed by atoms with van der Waals surface area (Å²) in [5, 5.41) is 0. The molecular formula is C45H34O5S3. The number of allylic oxidation sites excluding steroid dienone is 1. The number of benzene rings is 6. The van der Waals surface area contributed by atoms with Crippen LogP contribution in [0.5, 0.6) is 11.5 Å². The molecule has 6 rings (SSSR count). The molecule has 0 saturated carbocycles. The second-order valence-electron chi connectivity index (χ2n) is 11.6. The molecule has 262 valence electrons. The molecule has 0 atom stereocenters. The first-order valence-electron chi connectivity index (χ1n) is 16.6. The SMILES string of the molecule is CSc1ccc(Sc2ccc(S/C(=C/C(=O)Oc3ccc(C(=O)c4ccc(OC(=O)/C=C(\C)c5ccccc5)cc4)cc3)c3ccccc3)cc2)cc1. The zero-order valence-corrected chi connectivity index (χ0v) is 31.4. The molecule has 0 aliphatic rings. The molecule has 0 aliphatic heterocycles. The Hall–Kier alpha value is -5.54. The van der Waals surface area contributed by atoms with Crippen LogP contribution < -0.4 is 9.47 Å². The molecule has 0 saturated heterocycles. The first kappa shape index (κ1) is 37.2. The van der Waals surface area contributed by atoms with Gasteiger partial charge in [-0.25, -0.2) is 9.59 Å². The maximum atomic E-state index is 13.2. The van der Waals surface area contributed by atoms with Crippen LogP contribution in [0.3, 0.4) is 0 Å². The fourth-order valence-corrected chi connectivity index (χ4v) is 7.29. The summed E-state index contributed by atoms with van der Waals surface area (Å²) in [6.45, 7) is 1.84. The Morgan fingerprint density at radius 2 is 0.906 bits per heavy atom. The summed E-state index contributed by atoms with van der Waals surface area (Å²) in [6.07, 6.45) is 4.99. The molecule has 0 radical (unpaired) electrons. The van der Waals surface area contributed by atoms with E-state index in [2.05, 4.69) is 42.7 Å². The highest BCUT2D eigenvalue weighted by atomic mass is 32.2. The molecule has 0 N–H and O–H groups in total. The highest BCUT2D eigenvalue weighted by Gasteiger charge is 2.13. The van der Waals surface area contributed by atoms with Gasteiger partial charge in [0.05, 0.1) is 0 Å². The first-order chi connectivity index (χ1) is 25.8. The second kappa shape index (κ2) is 18.3. The van der Waals surface area contributed by atoms with E-state index in [0.717, 1.165) is 31.4 Å². The van der Waals surface area contributed by atoms with Crippen LogP contribution in [-0.4, -0.2) is 24.0 Å². The van der Waals surface area contributed by atoms with Crippen LogP contribution in [0, 0.1) is 0 Å². The largest absolute Gasteiger partial charge is 0.423 e. The van der Waals surface area contributed by atoms with E-state index in [0.29, 0.717) is 22.6 Å². The minimum absolute atomic E-state index is 0.221. The standard InChI is InChI=1S/C45H34O5S3/c1-31(32-9-5-3-6-10-32)29-43(46)49-36-17-13-34(14-18-36)45(48)35-15-19-37(20-16-35)50-44(47)30-42(33-11-7-4-8-12-33)53-41-27-25-40(26-28-41)52-39-23-21-38(51-2)22-24-39/h3-30H,1-2H3/b31-29+,42-30+. The van der Waals surface area contributed by atoms with Gasteiger partial charge in [-0.3, -0.25) is 4.79 Å².